The van der Waals surface area contributed by atoms with Crippen molar-refractivity contribution in [2.45, 2.75) is 0 Å². The van der Waals surface area contributed by atoms with E-state index in [2.05, 4.69) is 4.98 Å². The first-order valence-corrected chi connectivity index (χ1v) is 4.06. The van der Waals surface area contributed by atoms with Gasteiger partial charge in [-0.2, -0.15) is 0 Å². The number of pyridine rings is 1. The van der Waals surface area contributed by atoms with Crippen molar-refractivity contribution in [2.24, 2.45) is 0 Å². The van der Waals surface area contributed by atoms with Crippen LogP contribution in [0.15, 0.2) is 24.5 Å². The highest BCUT2D eigenvalue weighted by molar-refractivity contribution is 5.94. The molecule has 2 aromatic rings. The molecule has 4 nitrogen and oxygen atoms in total. The van der Waals surface area contributed by atoms with E-state index in [1.807, 2.05) is 0 Å². The maximum atomic E-state index is 9.53. The van der Waals surface area contributed by atoms with Gasteiger partial charge in [0.1, 0.15) is 5.75 Å². The van der Waals surface area contributed by atoms with E-state index in [9.17, 15) is 10.2 Å². The number of nitrogens with zero attached hydrogens (tertiary/aromatic N) is 1. The number of phenolic OH excluding ortho intramolecular Hbond substituents is 2. The largest absolute Gasteiger partial charge is 0.504 e. The van der Waals surface area contributed by atoms with Crippen molar-refractivity contribution in [2.75, 3.05) is 7.11 Å². The maximum Gasteiger partial charge on any atom is 0.167 e. The summed E-state index contributed by atoms with van der Waals surface area (Å²) in [5.74, 6) is 0.133. The van der Waals surface area contributed by atoms with Crippen LogP contribution < -0.4 is 4.74 Å². The Balaban J connectivity index is 2.89. The summed E-state index contributed by atoms with van der Waals surface area (Å²) in [5, 5.41) is 20.1. The van der Waals surface area contributed by atoms with Crippen LogP contribution in [0.1, 0.15) is 0 Å². The molecule has 0 atom stereocenters. The summed E-state index contributed by atoms with van der Waals surface area (Å²) < 4.78 is 5.06. The van der Waals surface area contributed by atoms with Crippen molar-refractivity contribution in [3.63, 3.8) is 0 Å². The molecule has 1 aromatic carbocycles. The maximum absolute atomic E-state index is 9.53. The molecule has 0 amide bonds. The number of benzene rings is 1. The molecule has 14 heavy (non-hydrogen) atoms. The van der Waals surface area contributed by atoms with Crippen molar-refractivity contribution in [1.82, 2.24) is 4.98 Å². The topological polar surface area (TPSA) is 62.6 Å². The van der Waals surface area contributed by atoms with E-state index in [0.717, 1.165) is 5.39 Å². The summed E-state index contributed by atoms with van der Waals surface area (Å²) in [5.41, 5.74) is 0. The second-order valence-corrected chi connectivity index (χ2v) is 2.87. The highest BCUT2D eigenvalue weighted by Gasteiger charge is 2.10. The van der Waals surface area contributed by atoms with E-state index >= 15 is 0 Å². The van der Waals surface area contributed by atoms with Gasteiger partial charge in [0, 0.05) is 29.2 Å². The number of aromatic nitrogens is 1. The highest BCUT2D eigenvalue weighted by Crippen LogP contribution is 2.38. The second-order valence-electron chi connectivity index (χ2n) is 2.87. The Kier molecular flexibility index (Phi) is 1.89. The van der Waals surface area contributed by atoms with Crippen LogP contribution in [0, 0.1) is 0 Å². The van der Waals surface area contributed by atoms with Gasteiger partial charge < -0.3 is 14.9 Å². The van der Waals surface area contributed by atoms with Gasteiger partial charge in [-0.3, -0.25) is 4.98 Å². The van der Waals surface area contributed by atoms with Gasteiger partial charge in [-0.25, -0.2) is 0 Å². The lowest BCUT2D eigenvalue weighted by Crippen LogP contribution is -1.86. The minimum absolute atomic E-state index is 0.172. The normalized spacial score (nSPS) is 10.4. The fourth-order valence-corrected chi connectivity index (χ4v) is 1.38. The van der Waals surface area contributed by atoms with E-state index < -0.39 is 0 Å². The quantitative estimate of drug-likeness (QED) is 0.673. The lowest BCUT2D eigenvalue weighted by molar-refractivity contribution is 0.392. The van der Waals surface area contributed by atoms with Crippen LogP contribution in [0.3, 0.4) is 0 Å². The predicted octanol–water partition coefficient (Wildman–Crippen LogP) is 1.65. The molecular weight excluding hydrogens is 182 g/mol. The molecule has 0 radical (unpaired) electrons. The molecule has 0 aliphatic rings. The second kappa shape index (κ2) is 3.06. The molecule has 72 valence electrons. The third-order valence-corrected chi connectivity index (χ3v) is 2.07. The van der Waals surface area contributed by atoms with Crippen LogP contribution in [0.5, 0.6) is 17.2 Å². The van der Waals surface area contributed by atoms with Gasteiger partial charge in [-0.05, 0) is 6.07 Å². The number of phenols is 2. The van der Waals surface area contributed by atoms with Gasteiger partial charge in [0.25, 0.3) is 0 Å². The number of methoxy groups -OCH3 is 1. The van der Waals surface area contributed by atoms with E-state index in [1.54, 1.807) is 12.3 Å². The standard InChI is InChI=1S/C10H9NO3/c1-14-9-4-8(12)10(13)7-5-11-3-2-6(7)9/h2-5,12-13H,1H3. The summed E-state index contributed by atoms with van der Waals surface area (Å²) in [6.45, 7) is 0. The number of fused-ring (bicyclic) bond motifs is 1. The monoisotopic (exact) mass is 191 g/mol. The van der Waals surface area contributed by atoms with Crippen molar-refractivity contribution < 1.29 is 14.9 Å². The zero-order valence-electron chi connectivity index (χ0n) is 7.56. The van der Waals surface area contributed by atoms with E-state index in [1.165, 1.54) is 19.4 Å². The third-order valence-electron chi connectivity index (χ3n) is 2.07. The molecule has 0 aliphatic carbocycles. The van der Waals surface area contributed by atoms with Gasteiger partial charge in [-0.1, -0.05) is 0 Å². The lowest BCUT2D eigenvalue weighted by Gasteiger charge is -2.07. The fourth-order valence-electron chi connectivity index (χ4n) is 1.38. The van der Waals surface area contributed by atoms with Crippen molar-refractivity contribution >= 4 is 10.8 Å². The smallest absolute Gasteiger partial charge is 0.167 e. The third kappa shape index (κ3) is 1.12. The van der Waals surface area contributed by atoms with E-state index in [4.69, 9.17) is 4.74 Å². The fraction of sp³-hybridized carbons (Fsp3) is 0.100. The Bertz CT molecular complexity index is 482. The van der Waals surface area contributed by atoms with Gasteiger partial charge in [0.05, 0.1) is 7.11 Å². The minimum Gasteiger partial charge on any atom is -0.504 e. The van der Waals surface area contributed by atoms with Crippen LogP contribution in [0.2, 0.25) is 0 Å². The molecule has 0 unspecified atom stereocenters. The van der Waals surface area contributed by atoms with Gasteiger partial charge in [-0.15, -0.1) is 0 Å². The number of hydrogen-bond acceptors (Lipinski definition) is 4. The number of hydrogen-bond donors (Lipinski definition) is 2. The summed E-state index contributed by atoms with van der Waals surface area (Å²) in [4.78, 5) is 3.86. The molecule has 0 spiro atoms. The van der Waals surface area contributed by atoms with Gasteiger partial charge in [0.2, 0.25) is 0 Å². The summed E-state index contributed by atoms with van der Waals surface area (Å²) in [7, 11) is 1.51. The Morgan fingerprint density at radius 1 is 1.29 bits per heavy atom. The number of ether oxygens (including phenoxy) is 1. The summed E-state index contributed by atoms with van der Waals surface area (Å²) in [6.07, 6.45) is 3.08. The molecule has 1 aromatic heterocycles. The number of rotatable bonds is 1. The SMILES string of the molecule is COc1cc(O)c(O)c2cnccc12. The zero-order valence-corrected chi connectivity index (χ0v) is 7.56. The van der Waals surface area contributed by atoms with Gasteiger partial charge in [0.15, 0.2) is 11.5 Å². The zero-order chi connectivity index (χ0) is 10.1. The summed E-state index contributed by atoms with van der Waals surface area (Å²) >= 11 is 0. The van der Waals surface area contributed by atoms with E-state index in [0.29, 0.717) is 11.1 Å². The van der Waals surface area contributed by atoms with Crippen molar-refractivity contribution in [3.8, 4) is 17.2 Å². The van der Waals surface area contributed by atoms with Gasteiger partial charge >= 0.3 is 0 Å². The Morgan fingerprint density at radius 3 is 2.79 bits per heavy atom. The first-order valence-electron chi connectivity index (χ1n) is 4.06. The summed E-state index contributed by atoms with van der Waals surface area (Å²) in [6, 6.07) is 3.09. The van der Waals surface area contributed by atoms with Crippen LogP contribution in [-0.2, 0) is 0 Å². The Morgan fingerprint density at radius 2 is 2.07 bits per heavy atom. The molecule has 0 aliphatic heterocycles. The Labute approximate surface area is 80.4 Å². The minimum atomic E-state index is -0.206. The number of aromatic hydroxyl groups is 2. The van der Waals surface area contributed by atoms with Crippen LogP contribution >= 0.6 is 0 Å². The van der Waals surface area contributed by atoms with Crippen LogP contribution in [-0.4, -0.2) is 22.3 Å². The molecule has 4 heteroatoms. The van der Waals surface area contributed by atoms with E-state index in [-0.39, 0.29) is 11.5 Å². The van der Waals surface area contributed by atoms with Crippen LogP contribution in [0.4, 0.5) is 0 Å². The highest BCUT2D eigenvalue weighted by atomic mass is 16.5. The van der Waals surface area contributed by atoms with Crippen LogP contribution in [0.25, 0.3) is 10.8 Å². The Hall–Kier alpha value is -1.97. The molecule has 0 saturated carbocycles. The first kappa shape index (κ1) is 8.62. The molecule has 1 heterocycles. The van der Waals surface area contributed by atoms with Crippen molar-refractivity contribution in [3.05, 3.63) is 24.5 Å². The molecule has 2 rings (SSSR count). The van der Waals surface area contributed by atoms with Crippen molar-refractivity contribution in [1.29, 1.82) is 0 Å². The molecule has 0 bridgehead atoms. The molecular formula is C10H9NO3. The molecule has 0 saturated heterocycles. The average molecular weight is 191 g/mol. The average Bonchev–Trinajstić information content (AvgIpc) is 2.23. The molecule has 0 fully saturated rings. The lowest BCUT2D eigenvalue weighted by atomic mass is 10.1. The first-order chi connectivity index (χ1) is 6.74. The predicted molar refractivity (Wildman–Crippen MR) is 51.6 cm³/mol. The molecule has 2 N–H and O–H groups in total.